The number of carbonyl (C=O) groups excluding carboxylic acids is 1. The van der Waals surface area contributed by atoms with E-state index >= 15 is 0 Å². The normalized spacial score (nSPS) is 12.3. The first kappa shape index (κ1) is 17.9. The first-order chi connectivity index (χ1) is 10.9. The summed E-state index contributed by atoms with van der Waals surface area (Å²) in [7, 11) is 1.87. The maximum Gasteiger partial charge on any atom is 0.241 e. The Bertz CT molecular complexity index is 693. The van der Waals surface area contributed by atoms with Gasteiger partial charge in [-0.05, 0) is 49.9 Å². The minimum atomic E-state index is -0.437. The van der Waals surface area contributed by atoms with Gasteiger partial charge in [0.05, 0.1) is 16.8 Å². The largest absolute Gasteiger partial charge is 0.323 e. The average Bonchev–Trinajstić information content (AvgIpc) is 2.51. The van der Waals surface area contributed by atoms with Gasteiger partial charge in [0.2, 0.25) is 5.91 Å². The Kier molecular flexibility index (Phi) is 6.16. The quantitative estimate of drug-likeness (QED) is 0.790. The third-order valence-electron chi connectivity index (χ3n) is 3.57. The zero-order valence-electron chi connectivity index (χ0n) is 12.8. The molecule has 0 aromatic heterocycles. The Morgan fingerprint density at radius 2 is 1.96 bits per heavy atom. The predicted molar refractivity (Wildman–Crippen MR) is 95.1 cm³/mol. The summed E-state index contributed by atoms with van der Waals surface area (Å²) in [4.78, 5) is 14.2. The van der Waals surface area contributed by atoms with Crippen LogP contribution in [0.4, 0.5) is 10.1 Å². The minimum absolute atomic E-state index is 0.182. The van der Waals surface area contributed by atoms with Crippen LogP contribution in [0, 0.1) is 5.82 Å². The topological polar surface area (TPSA) is 32.3 Å². The van der Waals surface area contributed by atoms with Gasteiger partial charge in [-0.15, -0.1) is 0 Å². The van der Waals surface area contributed by atoms with Crippen molar-refractivity contribution in [2.75, 3.05) is 12.4 Å². The van der Waals surface area contributed by atoms with E-state index in [0.29, 0.717) is 12.2 Å². The molecule has 2 aromatic rings. The molecule has 1 amide bonds. The van der Waals surface area contributed by atoms with Gasteiger partial charge >= 0.3 is 0 Å². The molecule has 2 rings (SSSR count). The molecule has 1 unspecified atom stereocenters. The number of hydrogen-bond donors (Lipinski definition) is 1. The van der Waals surface area contributed by atoms with Gasteiger partial charge in [0.1, 0.15) is 5.82 Å². The number of amides is 1. The van der Waals surface area contributed by atoms with Crippen LogP contribution in [-0.2, 0) is 11.3 Å². The van der Waals surface area contributed by atoms with Gasteiger partial charge in [-0.2, -0.15) is 0 Å². The Morgan fingerprint density at radius 3 is 2.57 bits per heavy atom. The standard InChI is InChI=1S/C17H17BrClFN2O/c1-11(22(2)10-12-3-5-13(18)6-4-12)17(23)21-16-8-7-14(20)9-15(16)19/h3-9,11H,10H2,1-2H3,(H,21,23). The molecule has 0 aliphatic heterocycles. The second-order valence-electron chi connectivity index (χ2n) is 5.33. The lowest BCUT2D eigenvalue weighted by molar-refractivity contribution is -0.120. The molecule has 0 bridgehead atoms. The van der Waals surface area contributed by atoms with Gasteiger partial charge in [-0.3, -0.25) is 9.69 Å². The molecular weight excluding hydrogens is 383 g/mol. The van der Waals surface area contributed by atoms with Crippen molar-refractivity contribution in [3.05, 3.63) is 63.3 Å². The molecule has 2 aromatic carbocycles. The number of hydrogen-bond acceptors (Lipinski definition) is 2. The number of anilines is 1. The fourth-order valence-electron chi connectivity index (χ4n) is 2.04. The van der Waals surface area contributed by atoms with Gasteiger partial charge in [0, 0.05) is 11.0 Å². The summed E-state index contributed by atoms with van der Waals surface area (Å²) in [5.41, 5.74) is 1.51. The summed E-state index contributed by atoms with van der Waals surface area (Å²) in [6.45, 7) is 2.45. The molecule has 23 heavy (non-hydrogen) atoms. The molecular formula is C17H17BrClFN2O. The lowest BCUT2D eigenvalue weighted by Crippen LogP contribution is -2.39. The molecule has 0 aliphatic carbocycles. The van der Waals surface area contributed by atoms with E-state index in [1.165, 1.54) is 18.2 Å². The molecule has 0 spiro atoms. The highest BCUT2D eigenvalue weighted by molar-refractivity contribution is 9.10. The van der Waals surface area contributed by atoms with Crippen LogP contribution >= 0.6 is 27.5 Å². The molecule has 0 heterocycles. The molecule has 0 saturated carbocycles. The lowest BCUT2D eigenvalue weighted by Gasteiger charge is -2.24. The number of rotatable bonds is 5. The summed E-state index contributed by atoms with van der Waals surface area (Å²) in [5, 5.41) is 2.91. The summed E-state index contributed by atoms with van der Waals surface area (Å²) >= 11 is 9.33. The molecule has 0 radical (unpaired) electrons. The van der Waals surface area contributed by atoms with Gasteiger partial charge in [0.25, 0.3) is 0 Å². The fourth-order valence-corrected chi connectivity index (χ4v) is 2.52. The van der Waals surface area contributed by atoms with E-state index in [9.17, 15) is 9.18 Å². The summed E-state index contributed by atoms with van der Waals surface area (Å²) in [5.74, 6) is -0.633. The average molecular weight is 400 g/mol. The summed E-state index contributed by atoms with van der Waals surface area (Å²) in [6, 6.07) is 11.5. The molecule has 1 N–H and O–H groups in total. The maximum absolute atomic E-state index is 13.0. The second-order valence-corrected chi connectivity index (χ2v) is 6.65. The number of benzene rings is 2. The monoisotopic (exact) mass is 398 g/mol. The van der Waals surface area contributed by atoms with Crippen LogP contribution in [0.3, 0.4) is 0 Å². The van der Waals surface area contributed by atoms with E-state index in [1.807, 2.05) is 43.1 Å². The summed E-state index contributed by atoms with van der Waals surface area (Å²) < 4.78 is 14.0. The Morgan fingerprint density at radius 1 is 1.30 bits per heavy atom. The first-order valence-corrected chi connectivity index (χ1v) is 8.24. The van der Waals surface area contributed by atoms with Gasteiger partial charge in [-0.1, -0.05) is 39.7 Å². The highest BCUT2D eigenvalue weighted by Gasteiger charge is 2.19. The Balaban J connectivity index is 1.99. The fraction of sp³-hybridized carbons (Fsp3) is 0.235. The van der Waals surface area contributed by atoms with Crippen LogP contribution < -0.4 is 5.32 Å². The van der Waals surface area contributed by atoms with Crippen molar-refractivity contribution < 1.29 is 9.18 Å². The molecule has 3 nitrogen and oxygen atoms in total. The molecule has 0 aliphatic rings. The minimum Gasteiger partial charge on any atom is -0.323 e. The van der Waals surface area contributed by atoms with E-state index in [4.69, 9.17) is 11.6 Å². The van der Waals surface area contributed by atoms with E-state index in [-0.39, 0.29) is 17.0 Å². The highest BCUT2D eigenvalue weighted by Crippen LogP contribution is 2.23. The summed E-state index contributed by atoms with van der Waals surface area (Å²) in [6.07, 6.45) is 0. The van der Waals surface area contributed by atoms with Gasteiger partial charge in [-0.25, -0.2) is 4.39 Å². The van der Waals surface area contributed by atoms with Crippen molar-refractivity contribution >= 4 is 39.1 Å². The third kappa shape index (κ3) is 5.03. The van der Waals surface area contributed by atoms with Crippen molar-refractivity contribution in [3.8, 4) is 0 Å². The van der Waals surface area contributed by atoms with Crippen molar-refractivity contribution in [2.24, 2.45) is 0 Å². The van der Waals surface area contributed by atoms with Crippen molar-refractivity contribution in [2.45, 2.75) is 19.5 Å². The zero-order chi connectivity index (χ0) is 17.0. The second kappa shape index (κ2) is 7.90. The Hall–Kier alpha value is -1.43. The predicted octanol–water partition coefficient (Wildman–Crippen LogP) is 4.70. The van der Waals surface area contributed by atoms with Crippen molar-refractivity contribution in [1.82, 2.24) is 4.90 Å². The van der Waals surface area contributed by atoms with E-state index in [0.717, 1.165) is 10.0 Å². The smallest absolute Gasteiger partial charge is 0.241 e. The number of nitrogens with one attached hydrogen (secondary N) is 1. The van der Waals surface area contributed by atoms with E-state index in [2.05, 4.69) is 21.2 Å². The number of halogens is 3. The Labute approximate surface area is 148 Å². The number of likely N-dealkylation sites (N-methyl/N-ethyl adjacent to an activating group) is 1. The maximum atomic E-state index is 13.0. The van der Waals surface area contributed by atoms with E-state index in [1.54, 1.807) is 0 Å². The zero-order valence-corrected chi connectivity index (χ0v) is 15.2. The van der Waals surface area contributed by atoms with Gasteiger partial charge in [0.15, 0.2) is 0 Å². The molecule has 0 saturated heterocycles. The highest BCUT2D eigenvalue weighted by atomic mass is 79.9. The lowest BCUT2D eigenvalue weighted by atomic mass is 10.2. The van der Waals surface area contributed by atoms with E-state index < -0.39 is 5.82 Å². The van der Waals surface area contributed by atoms with Crippen LogP contribution in [0.15, 0.2) is 46.9 Å². The molecule has 1 atom stereocenters. The SMILES string of the molecule is CC(C(=O)Nc1ccc(F)cc1Cl)N(C)Cc1ccc(Br)cc1. The van der Waals surface area contributed by atoms with Crippen LogP contribution in [-0.4, -0.2) is 23.9 Å². The molecule has 0 fully saturated rings. The van der Waals surface area contributed by atoms with Crippen molar-refractivity contribution in [1.29, 1.82) is 0 Å². The molecule has 122 valence electrons. The van der Waals surface area contributed by atoms with Gasteiger partial charge < -0.3 is 5.32 Å². The molecule has 6 heteroatoms. The van der Waals surface area contributed by atoms with Crippen LogP contribution in [0.1, 0.15) is 12.5 Å². The number of nitrogens with zero attached hydrogens (tertiary/aromatic N) is 1. The van der Waals surface area contributed by atoms with Crippen molar-refractivity contribution in [3.63, 3.8) is 0 Å². The van der Waals surface area contributed by atoms with Crippen LogP contribution in [0.5, 0.6) is 0 Å². The van der Waals surface area contributed by atoms with Crippen LogP contribution in [0.25, 0.3) is 0 Å². The third-order valence-corrected chi connectivity index (χ3v) is 4.42. The van der Waals surface area contributed by atoms with Crippen LogP contribution in [0.2, 0.25) is 5.02 Å². The number of carbonyl (C=O) groups is 1. The first-order valence-electron chi connectivity index (χ1n) is 7.07.